The maximum Gasteiger partial charge on any atom is 0.325 e. The predicted molar refractivity (Wildman–Crippen MR) is 96.1 cm³/mol. The zero-order valence-corrected chi connectivity index (χ0v) is 14.3. The van der Waals surface area contributed by atoms with Crippen molar-refractivity contribution < 1.29 is 0 Å². The van der Waals surface area contributed by atoms with Crippen molar-refractivity contribution in [1.82, 2.24) is 24.7 Å². The molecule has 2 aromatic heterocycles. The molecule has 0 aliphatic heterocycles. The van der Waals surface area contributed by atoms with Crippen LogP contribution in [0, 0.1) is 19.3 Å². The molecule has 2 N–H and O–H groups in total. The number of terminal acetylenes is 1. The van der Waals surface area contributed by atoms with Crippen molar-refractivity contribution in [1.29, 1.82) is 0 Å². The van der Waals surface area contributed by atoms with E-state index in [9.17, 15) is 9.59 Å². The molecule has 0 bridgehead atoms. The highest BCUT2D eigenvalue weighted by atomic mass is 32.2. The van der Waals surface area contributed by atoms with Gasteiger partial charge in [0.15, 0.2) is 5.16 Å². The van der Waals surface area contributed by atoms with Gasteiger partial charge in [0.2, 0.25) is 0 Å². The smallest absolute Gasteiger partial charge is 0.311 e. The van der Waals surface area contributed by atoms with Gasteiger partial charge in [-0.05, 0) is 24.6 Å². The van der Waals surface area contributed by atoms with Crippen molar-refractivity contribution in [3.05, 3.63) is 68.3 Å². The van der Waals surface area contributed by atoms with Crippen LogP contribution < -0.4 is 11.2 Å². The first-order valence-corrected chi connectivity index (χ1v) is 8.45. The summed E-state index contributed by atoms with van der Waals surface area (Å²) >= 11 is 1.40. The van der Waals surface area contributed by atoms with E-state index in [0.29, 0.717) is 22.4 Å². The van der Waals surface area contributed by atoms with Crippen molar-refractivity contribution in [3.8, 4) is 18.0 Å². The standard InChI is InChI=1S/C17H15N5O2S/c1-3-7-25-17-21-20-14(9-12-10-15(23)19-16(24)18-12)22(17)13-6-4-5-11(2)8-13/h1,4-6,8,10H,7,9H2,2H3,(H2,18,19,23,24). The van der Waals surface area contributed by atoms with Gasteiger partial charge in [0, 0.05) is 23.9 Å². The van der Waals surface area contributed by atoms with E-state index in [0.717, 1.165) is 11.3 Å². The lowest BCUT2D eigenvalue weighted by Crippen LogP contribution is -2.23. The molecule has 0 radical (unpaired) electrons. The first kappa shape index (κ1) is 16.8. The normalized spacial score (nSPS) is 10.6. The Labute approximate surface area is 147 Å². The van der Waals surface area contributed by atoms with Gasteiger partial charge >= 0.3 is 5.69 Å². The Balaban J connectivity index is 2.07. The Kier molecular flexibility index (Phi) is 4.86. The summed E-state index contributed by atoms with van der Waals surface area (Å²) in [5, 5.41) is 9.08. The number of rotatable bonds is 5. The minimum Gasteiger partial charge on any atom is -0.311 e. The van der Waals surface area contributed by atoms with E-state index in [1.807, 2.05) is 35.8 Å². The summed E-state index contributed by atoms with van der Waals surface area (Å²) in [6.45, 7) is 2.00. The van der Waals surface area contributed by atoms with E-state index < -0.39 is 11.2 Å². The molecule has 3 rings (SSSR count). The highest BCUT2D eigenvalue weighted by Crippen LogP contribution is 2.23. The van der Waals surface area contributed by atoms with Gasteiger partial charge in [-0.15, -0.1) is 16.6 Å². The molecule has 8 heteroatoms. The molecule has 1 aromatic carbocycles. The van der Waals surface area contributed by atoms with Gasteiger partial charge in [0.1, 0.15) is 5.82 Å². The van der Waals surface area contributed by atoms with E-state index >= 15 is 0 Å². The summed E-state index contributed by atoms with van der Waals surface area (Å²) in [5.74, 6) is 3.64. The fourth-order valence-electron chi connectivity index (χ4n) is 2.43. The number of hydrogen-bond acceptors (Lipinski definition) is 5. The average Bonchev–Trinajstić information content (AvgIpc) is 2.94. The monoisotopic (exact) mass is 353 g/mol. The molecule has 0 atom stereocenters. The van der Waals surface area contributed by atoms with Gasteiger partial charge in [-0.1, -0.05) is 29.8 Å². The van der Waals surface area contributed by atoms with Crippen LogP contribution in [0.15, 0.2) is 45.1 Å². The fraction of sp³-hybridized carbons (Fsp3) is 0.176. The highest BCUT2D eigenvalue weighted by Gasteiger charge is 2.15. The molecule has 3 aromatic rings. The molecular weight excluding hydrogens is 338 g/mol. The second-order valence-electron chi connectivity index (χ2n) is 5.36. The Hall–Kier alpha value is -3.05. The third kappa shape index (κ3) is 3.89. The Bertz CT molecular complexity index is 1030. The third-order valence-corrected chi connectivity index (χ3v) is 4.24. The molecule has 0 saturated heterocycles. The molecule has 7 nitrogen and oxygen atoms in total. The van der Waals surface area contributed by atoms with Gasteiger partial charge in [-0.3, -0.25) is 14.3 Å². The number of H-pyrrole nitrogens is 2. The van der Waals surface area contributed by atoms with Gasteiger partial charge in [0.25, 0.3) is 5.56 Å². The number of nitrogens with one attached hydrogen (secondary N) is 2. The van der Waals surface area contributed by atoms with Crippen LogP contribution in [0.25, 0.3) is 5.69 Å². The van der Waals surface area contributed by atoms with E-state index in [2.05, 4.69) is 26.1 Å². The van der Waals surface area contributed by atoms with Crippen LogP contribution in [0.2, 0.25) is 0 Å². The van der Waals surface area contributed by atoms with Crippen LogP contribution >= 0.6 is 11.8 Å². The Morgan fingerprint density at radius 1 is 1.24 bits per heavy atom. The van der Waals surface area contributed by atoms with Crippen LogP contribution in [-0.2, 0) is 6.42 Å². The highest BCUT2D eigenvalue weighted by molar-refractivity contribution is 7.99. The Morgan fingerprint density at radius 2 is 2.08 bits per heavy atom. The van der Waals surface area contributed by atoms with Gasteiger partial charge in [-0.25, -0.2) is 4.79 Å². The second kappa shape index (κ2) is 7.23. The van der Waals surface area contributed by atoms with E-state index in [1.165, 1.54) is 17.8 Å². The lowest BCUT2D eigenvalue weighted by atomic mass is 10.2. The van der Waals surface area contributed by atoms with E-state index in [1.54, 1.807) is 0 Å². The van der Waals surface area contributed by atoms with Crippen LogP contribution in [-0.4, -0.2) is 30.5 Å². The molecule has 0 aliphatic rings. The fourth-order valence-corrected chi connectivity index (χ4v) is 3.08. The van der Waals surface area contributed by atoms with E-state index in [-0.39, 0.29) is 6.42 Å². The lowest BCUT2D eigenvalue weighted by molar-refractivity contribution is 0.829. The zero-order chi connectivity index (χ0) is 17.8. The lowest BCUT2D eigenvalue weighted by Gasteiger charge is -2.10. The summed E-state index contributed by atoms with van der Waals surface area (Å²) in [6.07, 6.45) is 5.61. The van der Waals surface area contributed by atoms with Crippen molar-refractivity contribution in [2.24, 2.45) is 0 Å². The molecular formula is C17H15N5O2S. The van der Waals surface area contributed by atoms with Crippen LogP contribution in [0.3, 0.4) is 0 Å². The average molecular weight is 353 g/mol. The first-order chi connectivity index (χ1) is 12.1. The van der Waals surface area contributed by atoms with Crippen LogP contribution in [0.1, 0.15) is 17.1 Å². The topological polar surface area (TPSA) is 96.4 Å². The molecule has 0 spiro atoms. The second-order valence-corrected chi connectivity index (χ2v) is 6.30. The number of aromatic nitrogens is 5. The molecule has 25 heavy (non-hydrogen) atoms. The van der Waals surface area contributed by atoms with Gasteiger partial charge in [0.05, 0.1) is 5.75 Å². The quantitative estimate of drug-likeness (QED) is 0.532. The van der Waals surface area contributed by atoms with Crippen molar-refractivity contribution in [2.75, 3.05) is 5.75 Å². The predicted octanol–water partition coefficient (Wildman–Crippen LogP) is 1.27. The van der Waals surface area contributed by atoms with Crippen molar-refractivity contribution in [3.63, 3.8) is 0 Å². The maximum absolute atomic E-state index is 11.5. The number of aromatic amines is 2. The number of aryl methyl sites for hydroxylation is 1. The van der Waals surface area contributed by atoms with Gasteiger partial charge < -0.3 is 4.98 Å². The SMILES string of the molecule is C#CCSc1nnc(Cc2cc(=O)[nH]c(=O)[nH]2)n1-c1cccc(C)c1. The molecule has 0 saturated carbocycles. The summed E-state index contributed by atoms with van der Waals surface area (Å²) < 4.78 is 1.88. The summed E-state index contributed by atoms with van der Waals surface area (Å²) in [7, 11) is 0. The molecule has 0 fully saturated rings. The molecule has 0 unspecified atom stereocenters. The minimum absolute atomic E-state index is 0.261. The maximum atomic E-state index is 11.5. The number of thioether (sulfide) groups is 1. The van der Waals surface area contributed by atoms with Gasteiger partial charge in [-0.2, -0.15) is 0 Å². The summed E-state index contributed by atoms with van der Waals surface area (Å²) in [4.78, 5) is 27.7. The van der Waals surface area contributed by atoms with Crippen LogP contribution in [0.5, 0.6) is 0 Å². The summed E-state index contributed by atoms with van der Waals surface area (Å²) in [5.41, 5.74) is 1.44. The molecule has 0 aliphatic carbocycles. The molecule has 0 amide bonds. The first-order valence-electron chi connectivity index (χ1n) is 7.47. The minimum atomic E-state index is -0.550. The number of hydrogen-bond donors (Lipinski definition) is 2. The molecule has 126 valence electrons. The van der Waals surface area contributed by atoms with Crippen molar-refractivity contribution in [2.45, 2.75) is 18.5 Å². The third-order valence-electron chi connectivity index (χ3n) is 3.41. The summed E-state index contributed by atoms with van der Waals surface area (Å²) in [6, 6.07) is 9.23. The zero-order valence-electron chi connectivity index (χ0n) is 13.4. The largest absolute Gasteiger partial charge is 0.325 e. The van der Waals surface area contributed by atoms with Crippen LogP contribution in [0.4, 0.5) is 0 Å². The Morgan fingerprint density at radius 3 is 2.80 bits per heavy atom. The van der Waals surface area contributed by atoms with Crippen molar-refractivity contribution >= 4 is 11.8 Å². The number of nitrogens with zero attached hydrogens (tertiary/aromatic N) is 3. The van der Waals surface area contributed by atoms with E-state index in [4.69, 9.17) is 6.42 Å². The molecule has 2 heterocycles. The number of benzene rings is 1.